The third-order valence-electron chi connectivity index (χ3n) is 5.85. The quantitative estimate of drug-likeness (QED) is 0.435. The second-order valence-electron chi connectivity index (χ2n) is 8.57. The molecule has 0 aliphatic carbocycles. The maximum absolute atomic E-state index is 13.1. The van der Waals surface area contributed by atoms with E-state index in [0.29, 0.717) is 28.6 Å². The number of benzene rings is 2. The number of amides is 1. The Morgan fingerprint density at radius 1 is 1.14 bits per heavy atom. The Morgan fingerprint density at radius 3 is 2.36 bits per heavy atom. The van der Waals surface area contributed by atoms with Crippen molar-refractivity contribution in [2.45, 2.75) is 59.6 Å². The SMILES string of the molecule is CC.CCCC(C)N(CC(C)Oc1ccc(C#N)c(Cl)c1)C(=O)Oc1ccc(N2CCNCC2)cc1. The Hall–Kier alpha value is -2.95. The highest BCUT2D eigenvalue weighted by Crippen LogP contribution is 2.24. The van der Waals surface area contributed by atoms with Crippen LogP contribution in [0, 0.1) is 11.3 Å². The number of piperazine rings is 1. The second kappa shape index (κ2) is 15.2. The molecule has 7 nitrogen and oxygen atoms in total. The summed E-state index contributed by atoms with van der Waals surface area (Å²) in [6.45, 7) is 14.2. The molecule has 0 spiro atoms. The zero-order valence-corrected chi connectivity index (χ0v) is 22.8. The van der Waals surface area contributed by atoms with E-state index in [1.54, 1.807) is 23.1 Å². The first-order chi connectivity index (χ1) is 17.4. The summed E-state index contributed by atoms with van der Waals surface area (Å²) in [6.07, 6.45) is 1.10. The average molecular weight is 515 g/mol. The highest BCUT2D eigenvalue weighted by molar-refractivity contribution is 6.31. The van der Waals surface area contributed by atoms with Crippen molar-refractivity contribution in [1.29, 1.82) is 5.26 Å². The van der Waals surface area contributed by atoms with Crippen LogP contribution in [0.2, 0.25) is 5.02 Å². The van der Waals surface area contributed by atoms with Gasteiger partial charge >= 0.3 is 6.09 Å². The van der Waals surface area contributed by atoms with Crippen molar-refractivity contribution in [3.05, 3.63) is 53.1 Å². The van der Waals surface area contributed by atoms with Crippen molar-refractivity contribution in [1.82, 2.24) is 10.2 Å². The number of carbonyl (C=O) groups is 1. The van der Waals surface area contributed by atoms with Crippen molar-refractivity contribution in [3.8, 4) is 17.6 Å². The van der Waals surface area contributed by atoms with Crippen LogP contribution < -0.4 is 19.7 Å². The molecule has 2 atom stereocenters. The lowest BCUT2D eigenvalue weighted by molar-refractivity contribution is 0.0986. The Bertz CT molecular complexity index is 987. The lowest BCUT2D eigenvalue weighted by atomic mass is 10.1. The van der Waals surface area contributed by atoms with Gasteiger partial charge in [-0.3, -0.25) is 0 Å². The predicted molar refractivity (Wildman–Crippen MR) is 146 cm³/mol. The van der Waals surface area contributed by atoms with E-state index in [1.807, 2.05) is 58.0 Å². The number of nitrogens with zero attached hydrogens (tertiary/aromatic N) is 3. The fourth-order valence-electron chi connectivity index (χ4n) is 4.02. The van der Waals surface area contributed by atoms with Crippen LogP contribution in [-0.4, -0.2) is 55.9 Å². The van der Waals surface area contributed by atoms with Gasteiger partial charge in [0.05, 0.1) is 17.1 Å². The summed E-state index contributed by atoms with van der Waals surface area (Å²) in [5, 5.41) is 12.7. The molecule has 1 amide bonds. The first-order valence-corrected chi connectivity index (χ1v) is 13.2. The topological polar surface area (TPSA) is 77.8 Å². The van der Waals surface area contributed by atoms with Gasteiger partial charge in [-0.15, -0.1) is 0 Å². The molecule has 1 fully saturated rings. The number of rotatable bonds is 9. The van der Waals surface area contributed by atoms with E-state index in [1.165, 1.54) is 0 Å². The maximum Gasteiger partial charge on any atom is 0.415 e. The molecule has 2 unspecified atom stereocenters. The van der Waals surface area contributed by atoms with Gasteiger partial charge in [-0.2, -0.15) is 5.26 Å². The Kier molecular flexibility index (Phi) is 12.4. The number of hydrogen-bond donors (Lipinski definition) is 1. The third kappa shape index (κ3) is 8.61. The monoisotopic (exact) mass is 514 g/mol. The molecule has 1 saturated heterocycles. The van der Waals surface area contributed by atoms with E-state index in [0.717, 1.165) is 44.7 Å². The lowest BCUT2D eigenvalue weighted by Gasteiger charge is -2.31. The summed E-state index contributed by atoms with van der Waals surface area (Å²) in [5.41, 5.74) is 1.52. The molecule has 1 heterocycles. The zero-order chi connectivity index (χ0) is 26.5. The van der Waals surface area contributed by atoms with Gasteiger partial charge in [0, 0.05) is 44.0 Å². The highest BCUT2D eigenvalue weighted by Gasteiger charge is 2.25. The number of nitriles is 1. The van der Waals surface area contributed by atoms with Gasteiger partial charge in [0.15, 0.2) is 0 Å². The maximum atomic E-state index is 13.1. The number of anilines is 1. The van der Waals surface area contributed by atoms with Crippen LogP contribution in [0.5, 0.6) is 11.5 Å². The first kappa shape index (κ1) is 29.3. The van der Waals surface area contributed by atoms with Crippen LogP contribution >= 0.6 is 11.6 Å². The normalized spacial score (nSPS) is 14.5. The Balaban J connectivity index is 0.00000222. The fourth-order valence-corrected chi connectivity index (χ4v) is 4.23. The molecule has 2 aromatic rings. The van der Waals surface area contributed by atoms with Crippen LogP contribution in [0.4, 0.5) is 10.5 Å². The van der Waals surface area contributed by atoms with Crippen LogP contribution in [0.1, 0.15) is 53.0 Å². The van der Waals surface area contributed by atoms with E-state index >= 15 is 0 Å². The Morgan fingerprint density at radius 2 is 1.78 bits per heavy atom. The molecular weight excluding hydrogens is 476 g/mol. The van der Waals surface area contributed by atoms with E-state index in [9.17, 15) is 4.79 Å². The van der Waals surface area contributed by atoms with Gasteiger partial charge < -0.3 is 24.6 Å². The zero-order valence-electron chi connectivity index (χ0n) is 22.1. The molecule has 1 aliphatic rings. The molecule has 3 rings (SSSR count). The van der Waals surface area contributed by atoms with E-state index in [2.05, 4.69) is 17.1 Å². The van der Waals surface area contributed by atoms with Crippen LogP contribution in [0.25, 0.3) is 0 Å². The molecule has 0 bridgehead atoms. The van der Waals surface area contributed by atoms with Crippen molar-refractivity contribution < 1.29 is 14.3 Å². The minimum atomic E-state index is -0.399. The summed E-state index contributed by atoms with van der Waals surface area (Å²) in [7, 11) is 0. The minimum Gasteiger partial charge on any atom is -0.489 e. The molecule has 0 saturated carbocycles. The molecule has 1 aliphatic heterocycles. The molecule has 0 aromatic heterocycles. The number of hydrogen-bond acceptors (Lipinski definition) is 6. The standard InChI is InChI=1S/C26H33ClN4O3.C2H6/c1-4-5-19(2)31(18-20(3)33-24-9-6-21(17-28)25(27)16-24)26(32)34-23-10-7-22(8-11-23)30-14-12-29-13-15-30;1-2/h6-11,16,19-20,29H,4-5,12-15,18H2,1-3H3;1-2H3. The lowest BCUT2D eigenvalue weighted by Crippen LogP contribution is -2.45. The Labute approximate surface area is 220 Å². The van der Waals surface area contributed by atoms with E-state index in [4.69, 9.17) is 26.3 Å². The van der Waals surface area contributed by atoms with Crippen molar-refractivity contribution in [2.75, 3.05) is 37.6 Å². The summed E-state index contributed by atoms with van der Waals surface area (Å²) < 4.78 is 11.7. The first-order valence-electron chi connectivity index (χ1n) is 12.8. The molecule has 1 N–H and O–H groups in total. The fraction of sp³-hybridized carbons (Fsp3) is 0.500. The number of nitrogens with one attached hydrogen (secondary N) is 1. The summed E-state index contributed by atoms with van der Waals surface area (Å²) in [5.74, 6) is 1.07. The van der Waals surface area contributed by atoms with Gasteiger partial charge in [-0.1, -0.05) is 38.8 Å². The van der Waals surface area contributed by atoms with Crippen LogP contribution in [0.3, 0.4) is 0 Å². The van der Waals surface area contributed by atoms with E-state index in [-0.39, 0.29) is 12.1 Å². The summed E-state index contributed by atoms with van der Waals surface area (Å²) in [4.78, 5) is 17.1. The largest absolute Gasteiger partial charge is 0.489 e. The van der Waals surface area contributed by atoms with Crippen molar-refractivity contribution in [3.63, 3.8) is 0 Å². The molecule has 0 radical (unpaired) electrons. The van der Waals surface area contributed by atoms with Crippen LogP contribution in [0.15, 0.2) is 42.5 Å². The molecule has 2 aromatic carbocycles. The van der Waals surface area contributed by atoms with Gasteiger partial charge in [0.25, 0.3) is 0 Å². The predicted octanol–water partition coefficient (Wildman–Crippen LogP) is 6.10. The van der Waals surface area contributed by atoms with Gasteiger partial charge in [0.1, 0.15) is 23.7 Å². The molecular formula is C28H39ClN4O3. The average Bonchev–Trinajstić information content (AvgIpc) is 2.89. The molecule has 196 valence electrons. The summed E-state index contributed by atoms with van der Waals surface area (Å²) >= 11 is 6.12. The molecule has 36 heavy (non-hydrogen) atoms. The summed E-state index contributed by atoms with van der Waals surface area (Å²) in [6, 6.07) is 14.7. The van der Waals surface area contributed by atoms with Gasteiger partial charge in [-0.05, 0) is 56.7 Å². The number of ether oxygens (including phenoxy) is 2. The number of halogens is 1. The highest BCUT2D eigenvalue weighted by atomic mass is 35.5. The minimum absolute atomic E-state index is 0.00627. The van der Waals surface area contributed by atoms with Gasteiger partial charge in [0.2, 0.25) is 0 Å². The van der Waals surface area contributed by atoms with E-state index < -0.39 is 6.09 Å². The second-order valence-corrected chi connectivity index (χ2v) is 8.98. The van der Waals surface area contributed by atoms with Gasteiger partial charge in [-0.25, -0.2) is 4.79 Å². The number of carbonyl (C=O) groups excluding carboxylic acids is 1. The third-order valence-corrected chi connectivity index (χ3v) is 6.16. The smallest absolute Gasteiger partial charge is 0.415 e. The molecule has 8 heteroatoms. The van der Waals surface area contributed by atoms with Crippen molar-refractivity contribution in [2.24, 2.45) is 0 Å². The van der Waals surface area contributed by atoms with Crippen molar-refractivity contribution >= 4 is 23.4 Å². The van der Waals surface area contributed by atoms with Crippen LogP contribution in [-0.2, 0) is 0 Å².